The lowest BCUT2D eigenvalue weighted by Gasteiger charge is -2.05. The number of fused-ring (bicyclic) bond motifs is 1. The van der Waals surface area contributed by atoms with Crippen LogP contribution in [-0.2, 0) is 0 Å². The zero-order valence-electron chi connectivity index (χ0n) is 9.51. The Kier molecular flexibility index (Phi) is 2.11. The number of hydrogen-bond acceptors (Lipinski definition) is 2. The van der Waals surface area contributed by atoms with E-state index in [1.807, 2.05) is 12.1 Å². The molecule has 88 valence electrons. The Hall–Kier alpha value is -1.97. The summed E-state index contributed by atoms with van der Waals surface area (Å²) in [6.45, 7) is 0. The van der Waals surface area contributed by atoms with Gasteiger partial charge >= 0.3 is 5.97 Å². The van der Waals surface area contributed by atoms with Crippen LogP contribution in [0.1, 0.15) is 34.8 Å². The maximum atomic E-state index is 11.1. The zero-order valence-corrected chi connectivity index (χ0v) is 9.51. The van der Waals surface area contributed by atoms with E-state index in [0.717, 1.165) is 10.9 Å². The summed E-state index contributed by atoms with van der Waals surface area (Å²) in [5.41, 5.74) is 2.24. The first-order valence-corrected chi connectivity index (χ1v) is 5.64. The number of aromatic carboxylic acids is 1. The van der Waals surface area contributed by atoms with E-state index in [9.17, 15) is 4.79 Å². The van der Waals surface area contributed by atoms with Crippen LogP contribution in [0.2, 0.25) is 0 Å². The first-order valence-electron chi connectivity index (χ1n) is 5.64. The fourth-order valence-corrected chi connectivity index (χ4v) is 2.33. The van der Waals surface area contributed by atoms with E-state index in [1.54, 1.807) is 6.07 Å². The van der Waals surface area contributed by atoms with Crippen LogP contribution in [0, 0.1) is 0 Å². The molecule has 0 aliphatic heterocycles. The van der Waals surface area contributed by atoms with Crippen molar-refractivity contribution >= 4 is 16.9 Å². The number of aromatic nitrogens is 1. The summed E-state index contributed by atoms with van der Waals surface area (Å²) in [6, 6.07) is 7.62. The minimum atomic E-state index is -0.968. The highest BCUT2D eigenvalue weighted by Crippen LogP contribution is 2.43. The highest BCUT2D eigenvalue weighted by atomic mass is 16.6. The molecule has 3 rings (SSSR count). The number of benzene rings is 1. The van der Waals surface area contributed by atoms with E-state index < -0.39 is 5.97 Å². The Morgan fingerprint density at radius 2 is 2.24 bits per heavy atom. The highest BCUT2D eigenvalue weighted by Gasteiger charge is 2.27. The van der Waals surface area contributed by atoms with E-state index in [0.29, 0.717) is 5.92 Å². The Balaban J connectivity index is 2.30. The molecular weight excluding hydrogens is 218 g/mol. The van der Waals surface area contributed by atoms with Crippen LogP contribution in [0.3, 0.4) is 0 Å². The third-order valence-electron chi connectivity index (χ3n) is 3.25. The van der Waals surface area contributed by atoms with Crippen LogP contribution in [0.25, 0.3) is 10.9 Å². The molecule has 0 bridgehead atoms. The molecule has 0 saturated heterocycles. The SMILES string of the molecule is COn1c(C(=O)O)cc2c(C3CC3)cccc21. The molecule has 0 atom stereocenters. The van der Waals surface area contributed by atoms with Gasteiger partial charge in [0.1, 0.15) is 7.11 Å². The molecule has 0 amide bonds. The lowest BCUT2D eigenvalue weighted by atomic mass is 10.1. The molecular formula is C13H13NO3. The number of carboxylic acids is 1. The number of hydrogen-bond donors (Lipinski definition) is 1. The Morgan fingerprint density at radius 1 is 1.47 bits per heavy atom. The van der Waals surface area contributed by atoms with Crippen LogP contribution in [0.15, 0.2) is 24.3 Å². The van der Waals surface area contributed by atoms with Gasteiger partial charge in [-0.2, -0.15) is 4.73 Å². The van der Waals surface area contributed by atoms with Crippen molar-refractivity contribution in [3.05, 3.63) is 35.5 Å². The molecule has 0 spiro atoms. The molecule has 1 aliphatic rings. The lowest BCUT2D eigenvalue weighted by molar-refractivity contribution is 0.0645. The van der Waals surface area contributed by atoms with Gasteiger partial charge in [-0.3, -0.25) is 0 Å². The molecule has 0 unspecified atom stereocenters. The standard InChI is InChI=1S/C13H13NO3/c1-17-14-11-4-2-3-9(8-5-6-8)10(11)7-12(14)13(15)16/h2-4,7-8H,5-6H2,1H3,(H,15,16). The van der Waals surface area contributed by atoms with Crippen LogP contribution in [0.5, 0.6) is 0 Å². The lowest BCUT2D eigenvalue weighted by Crippen LogP contribution is -2.13. The van der Waals surface area contributed by atoms with Gasteiger partial charge in [0, 0.05) is 5.39 Å². The summed E-state index contributed by atoms with van der Waals surface area (Å²) in [5, 5.41) is 10.1. The van der Waals surface area contributed by atoms with Crippen LogP contribution < -0.4 is 4.84 Å². The molecule has 0 radical (unpaired) electrons. The molecule has 4 nitrogen and oxygen atoms in total. The van der Waals surface area contributed by atoms with E-state index in [4.69, 9.17) is 9.94 Å². The molecule has 1 N–H and O–H groups in total. The van der Waals surface area contributed by atoms with Gasteiger partial charge in [0.15, 0.2) is 5.69 Å². The molecule has 1 aromatic carbocycles. The summed E-state index contributed by atoms with van der Waals surface area (Å²) in [6.07, 6.45) is 2.39. The summed E-state index contributed by atoms with van der Waals surface area (Å²) in [5.74, 6) is -0.377. The quantitative estimate of drug-likeness (QED) is 0.881. The second-order valence-electron chi connectivity index (χ2n) is 4.37. The first kappa shape index (κ1) is 10.2. The van der Waals surface area contributed by atoms with Crippen molar-refractivity contribution in [3.63, 3.8) is 0 Å². The van der Waals surface area contributed by atoms with Crippen molar-refractivity contribution in [3.8, 4) is 0 Å². The number of rotatable bonds is 3. The molecule has 1 aromatic heterocycles. The predicted molar refractivity (Wildman–Crippen MR) is 63.4 cm³/mol. The summed E-state index contributed by atoms with van der Waals surface area (Å²) in [4.78, 5) is 16.3. The van der Waals surface area contributed by atoms with Crippen molar-refractivity contribution < 1.29 is 14.7 Å². The van der Waals surface area contributed by atoms with Gasteiger partial charge in [-0.25, -0.2) is 4.79 Å². The van der Waals surface area contributed by atoms with Gasteiger partial charge in [-0.05, 0) is 36.5 Å². The third kappa shape index (κ3) is 1.48. The van der Waals surface area contributed by atoms with E-state index in [-0.39, 0.29) is 5.69 Å². The molecule has 1 fully saturated rings. The summed E-state index contributed by atoms with van der Waals surface area (Å²) in [7, 11) is 1.48. The molecule has 2 aromatic rings. The second kappa shape index (κ2) is 3.52. The Bertz CT molecular complexity index is 596. The van der Waals surface area contributed by atoms with E-state index in [1.165, 1.54) is 30.2 Å². The van der Waals surface area contributed by atoms with Gasteiger partial charge in [0.05, 0.1) is 5.52 Å². The Morgan fingerprint density at radius 3 is 2.82 bits per heavy atom. The molecule has 4 heteroatoms. The highest BCUT2D eigenvalue weighted by molar-refractivity contribution is 5.96. The summed E-state index contributed by atoms with van der Waals surface area (Å²) >= 11 is 0. The smallest absolute Gasteiger partial charge is 0.356 e. The topological polar surface area (TPSA) is 51.5 Å². The third-order valence-corrected chi connectivity index (χ3v) is 3.25. The van der Waals surface area contributed by atoms with Gasteiger partial charge in [0.25, 0.3) is 0 Å². The number of nitrogens with zero attached hydrogens (tertiary/aromatic N) is 1. The number of carboxylic acid groups (broad SMARTS) is 1. The average molecular weight is 231 g/mol. The van der Waals surface area contributed by atoms with Crippen molar-refractivity contribution in [2.75, 3.05) is 7.11 Å². The van der Waals surface area contributed by atoms with E-state index in [2.05, 4.69) is 6.07 Å². The molecule has 1 saturated carbocycles. The first-order chi connectivity index (χ1) is 8.22. The number of carbonyl (C=O) groups is 1. The van der Waals surface area contributed by atoms with Crippen LogP contribution in [-0.4, -0.2) is 22.9 Å². The Labute approximate surface area is 98.4 Å². The predicted octanol–water partition coefficient (Wildman–Crippen LogP) is 2.28. The van der Waals surface area contributed by atoms with Gasteiger partial charge in [-0.15, -0.1) is 0 Å². The van der Waals surface area contributed by atoms with Crippen molar-refractivity contribution in [1.82, 2.24) is 4.73 Å². The van der Waals surface area contributed by atoms with Crippen molar-refractivity contribution in [1.29, 1.82) is 0 Å². The van der Waals surface area contributed by atoms with E-state index >= 15 is 0 Å². The van der Waals surface area contributed by atoms with Crippen LogP contribution in [0.4, 0.5) is 0 Å². The maximum Gasteiger partial charge on any atom is 0.356 e. The maximum absolute atomic E-state index is 11.1. The molecule has 1 aliphatic carbocycles. The second-order valence-corrected chi connectivity index (χ2v) is 4.37. The fourth-order valence-electron chi connectivity index (χ4n) is 2.33. The van der Waals surface area contributed by atoms with Gasteiger partial charge in [0.2, 0.25) is 0 Å². The largest absolute Gasteiger partial charge is 0.476 e. The molecule has 1 heterocycles. The minimum absolute atomic E-state index is 0.176. The zero-order chi connectivity index (χ0) is 12.0. The fraction of sp³-hybridized carbons (Fsp3) is 0.308. The van der Waals surface area contributed by atoms with Crippen LogP contribution >= 0.6 is 0 Å². The van der Waals surface area contributed by atoms with Crippen molar-refractivity contribution in [2.24, 2.45) is 0 Å². The minimum Gasteiger partial charge on any atom is -0.476 e. The van der Waals surface area contributed by atoms with Gasteiger partial charge < -0.3 is 9.94 Å². The monoisotopic (exact) mass is 231 g/mol. The normalized spacial score (nSPS) is 15.1. The summed E-state index contributed by atoms with van der Waals surface area (Å²) < 4.78 is 1.38. The molecule has 17 heavy (non-hydrogen) atoms. The van der Waals surface area contributed by atoms with Crippen molar-refractivity contribution in [2.45, 2.75) is 18.8 Å². The average Bonchev–Trinajstić information content (AvgIpc) is 3.08. The van der Waals surface area contributed by atoms with Gasteiger partial charge in [-0.1, -0.05) is 12.1 Å².